The van der Waals surface area contributed by atoms with E-state index in [4.69, 9.17) is 0 Å². The summed E-state index contributed by atoms with van der Waals surface area (Å²) in [7, 11) is 0. The monoisotopic (exact) mass is 961 g/mol. The van der Waals surface area contributed by atoms with Crippen molar-refractivity contribution >= 4 is 55.9 Å². The Bertz CT molecular complexity index is 4150. The summed E-state index contributed by atoms with van der Waals surface area (Å²) in [6.07, 6.45) is 0. The SMILES string of the molecule is CC1(C)c2ccccc2-c2ccc(N(c3ccccc3)c3ccc(-c4cc(-c5ccc(N(c6ccccc6)c6ccc7c(c6)C(C)(C)c6ccccc6-7)cc5)c5c(c4)c4ccccc4n5-c4ccccc4)cc3)cc21. The van der Waals surface area contributed by atoms with Crippen molar-refractivity contribution in [2.75, 3.05) is 9.80 Å². The topological polar surface area (TPSA) is 11.4 Å². The molecule has 1 heterocycles. The van der Waals surface area contributed by atoms with E-state index in [0.29, 0.717) is 0 Å². The Labute approximate surface area is 439 Å². The van der Waals surface area contributed by atoms with E-state index in [0.717, 1.165) is 50.9 Å². The Morgan fingerprint density at radius 1 is 0.280 bits per heavy atom. The summed E-state index contributed by atoms with van der Waals surface area (Å²) in [5.74, 6) is 0. The van der Waals surface area contributed by atoms with Crippen LogP contribution in [0.25, 0.3) is 72.0 Å². The number of anilines is 6. The second-order valence-corrected chi connectivity index (χ2v) is 21.3. The van der Waals surface area contributed by atoms with Crippen molar-refractivity contribution in [1.29, 1.82) is 0 Å². The number of hydrogen-bond acceptors (Lipinski definition) is 2. The predicted molar refractivity (Wildman–Crippen MR) is 316 cm³/mol. The Morgan fingerprint density at radius 2 is 0.693 bits per heavy atom. The third kappa shape index (κ3) is 7.10. The van der Waals surface area contributed by atoms with E-state index in [1.807, 2.05) is 0 Å². The Hall–Kier alpha value is -9.18. The van der Waals surface area contributed by atoms with Gasteiger partial charge in [0.1, 0.15) is 0 Å². The van der Waals surface area contributed by atoms with Crippen LogP contribution in [-0.2, 0) is 10.8 Å². The molecule has 14 rings (SSSR count). The first kappa shape index (κ1) is 44.5. The van der Waals surface area contributed by atoms with Crippen molar-refractivity contribution < 1.29 is 0 Å². The maximum absolute atomic E-state index is 2.45. The van der Waals surface area contributed by atoms with E-state index < -0.39 is 0 Å². The number of aromatic nitrogens is 1. The number of para-hydroxylation sites is 4. The molecule has 0 bridgehead atoms. The zero-order valence-electron chi connectivity index (χ0n) is 42.7. The summed E-state index contributed by atoms with van der Waals surface area (Å²) in [5.41, 5.74) is 25.4. The van der Waals surface area contributed by atoms with Gasteiger partial charge in [0.25, 0.3) is 0 Å². The molecule has 0 atom stereocenters. The molecule has 75 heavy (non-hydrogen) atoms. The van der Waals surface area contributed by atoms with Gasteiger partial charge in [-0.15, -0.1) is 0 Å². The number of nitrogens with zero attached hydrogens (tertiary/aromatic N) is 3. The van der Waals surface area contributed by atoms with E-state index in [1.165, 1.54) is 77.4 Å². The van der Waals surface area contributed by atoms with Gasteiger partial charge in [-0.2, -0.15) is 0 Å². The van der Waals surface area contributed by atoms with E-state index in [-0.39, 0.29) is 10.8 Å². The van der Waals surface area contributed by atoms with Gasteiger partial charge in [0, 0.05) is 67.0 Å². The number of hydrogen-bond donors (Lipinski definition) is 0. The van der Waals surface area contributed by atoms with Crippen LogP contribution < -0.4 is 9.80 Å². The molecule has 2 aliphatic rings. The van der Waals surface area contributed by atoms with Crippen LogP contribution in [-0.4, -0.2) is 4.57 Å². The van der Waals surface area contributed by atoms with Gasteiger partial charge in [0.15, 0.2) is 0 Å². The van der Waals surface area contributed by atoms with Crippen LogP contribution in [0.5, 0.6) is 0 Å². The zero-order valence-corrected chi connectivity index (χ0v) is 42.7. The average molecular weight is 962 g/mol. The summed E-state index contributed by atoms with van der Waals surface area (Å²) < 4.78 is 2.45. The van der Waals surface area contributed by atoms with Crippen LogP contribution >= 0.6 is 0 Å². The molecule has 3 nitrogen and oxygen atoms in total. The fourth-order valence-corrected chi connectivity index (χ4v) is 12.6. The Kier molecular flexibility index (Phi) is 10.2. The van der Waals surface area contributed by atoms with Gasteiger partial charge in [-0.1, -0.05) is 185 Å². The molecule has 0 N–H and O–H groups in total. The number of benzene rings is 11. The molecule has 12 aromatic rings. The van der Waals surface area contributed by atoms with Crippen molar-refractivity contribution in [3.8, 4) is 50.2 Å². The Morgan fingerprint density at radius 3 is 1.23 bits per heavy atom. The predicted octanol–water partition coefficient (Wildman–Crippen LogP) is 19.7. The summed E-state index contributed by atoms with van der Waals surface area (Å²) in [5, 5.41) is 2.44. The van der Waals surface area contributed by atoms with Crippen molar-refractivity contribution in [1.82, 2.24) is 4.57 Å². The average Bonchev–Trinajstić information content (AvgIpc) is 4.04. The molecule has 0 unspecified atom stereocenters. The molecule has 0 aliphatic heterocycles. The normalized spacial score (nSPS) is 13.5. The second-order valence-electron chi connectivity index (χ2n) is 21.3. The highest BCUT2D eigenvalue weighted by Crippen LogP contribution is 2.53. The van der Waals surface area contributed by atoms with Gasteiger partial charge in [-0.05, 0) is 164 Å². The lowest BCUT2D eigenvalue weighted by atomic mass is 9.82. The lowest BCUT2D eigenvalue weighted by molar-refractivity contribution is 0.660. The van der Waals surface area contributed by atoms with Crippen LogP contribution in [0, 0.1) is 0 Å². The second kappa shape index (κ2) is 17.2. The summed E-state index contributed by atoms with van der Waals surface area (Å²) in [6.45, 7) is 9.42. The minimum Gasteiger partial charge on any atom is -0.310 e. The quantitative estimate of drug-likeness (QED) is 0.143. The van der Waals surface area contributed by atoms with E-state index >= 15 is 0 Å². The molecular weight excluding hydrogens is 907 g/mol. The molecule has 0 amide bonds. The molecule has 11 aromatic carbocycles. The van der Waals surface area contributed by atoms with Crippen molar-refractivity contribution in [3.05, 3.63) is 283 Å². The molecule has 2 aliphatic carbocycles. The lowest BCUT2D eigenvalue weighted by Crippen LogP contribution is -2.16. The van der Waals surface area contributed by atoms with E-state index in [1.54, 1.807) is 0 Å². The minimum absolute atomic E-state index is 0.108. The molecule has 0 saturated carbocycles. The first-order valence-corrected chi connectivity index (χ1v) is 26.3. The maximum Gasteiger partial charge on any atom is 0.0619 e. The molecule has 1 aromatic heterocycles. The van der Waals surface area contributed by atoms with Crippen molar-refractivity contribution in [2.24, 2.45) is 0 Å². The third-order valence-corrected chi connectivity index (χ3v) is 16.4. The van der Waals surface area contributed by atoms with Gasteiger partial charge in [-0.25, -0.2) is 0 Å². The van der Waals surface area contributed by atoms with Crippen LogP contribution in [0.4, 0.5) is 34.1 Å². The minimum atomic E-state index is -0.115. The first-order valence-electron chi connectivity index (χ1n) is 26.3. The molecular formula is C72H55N3. The van der Waals surface area contributed by atoms with E-state index in [2.05, 4.69) is 303 Å². The fraction of sp³-hybridized carbons (Fsp3) is 0.0833. The van der Waals surface area contributed by atoms with Gasteiger partial charge in [0.05, 0.1) is 11.0 Å². The number of fused-ring (bicyclic) bond motifs is 9. The molecule has 3 heteroatoms. The van der Waals surface area contributed by atoms with Crippen LogP contribution in [0.3, 0.4) is 0 Å². The van der Waals surface area contributed by atoms with E-state index in [9.17, 15) is 0 Å². The van der Waals surface area contributed by atoms with Gasteiger partial charge < -0.3 is 14.4 Å². The van der Waals surface area contributed by atoms with Crippen LogP contribution in [0.1, 0.15) is 49.9 Å². The molecule has 0 fully saturated rings. The number of rotatable bonds is 9. The molecule has 358 valence electrons. The Balaban J connectivity index is 0.900. The van der Waals surface area contributed by atoms with Gasteiger partial charge in [0.2, 0.25) is 0 Å². The summed E-state index contributed by atoms with van der Waals surface area (Å²) in [6, 6.07) is 96.3. The van der Waals surface area contributed by atoms with Gasteiger partial charge >= 0.3 is 0 Å². The largest absolute Gasteiger partial charge is 0.310 e. The highest BCUT2D eigenvalue weighted by atomic mass is 15.1. The molecule has 0 saturated heterocycles. The zero-order chi connectivity index (χ0) is 50.4. The van der Waals surface area contributed by atoms with Gasteiger partial charge in [-0.3, -0.25) is 0 Å². The lowest BCUT2D eigenvalue weighted by Gasteiger charge is -2.28. The van der Waals surface area contributed by atoms with Crippen LogP contribution in [0.2, 0.25) is 0 Å². The standard InChI is InChI=1S/C72H55N3/c1-71(2)65-29-17-14-26-58(65)60-42-40-56(46-67(60)71)73(51-20-8-5-9-21-51)54-36-32-48(33-37-54)50-44-63(70-64(45-50)62-28-16-19-31-69(62)75(70)53-24-12-7-13-25-53)49-34-38-55(39-35-49)74(52-22-10-6-11-23-52)57-41-43-61-59-27-15-18-30-66(59)72(3,4)68(61)47-57/h5-47H,1-4H3. The van der Waals surface area contributed by atoms with Crippen LogP contribution in [0.15, 0.2) is 261 Å². The van der Waals surface area contributed by atoms with Crippen molar-refractivity contribution in [3.63, 3.8) is 0 Å². The highest BCUT2D eigenvalue weighted by molar-refractivity contribution is 6.15. The smallest absolute Gasteiger partial charge is 0.0619 e. The highest BCUT2D eigenvalue weighted by Gasteiger charge is 2.37. The van der Waals surface area contributed by atoms with Crippen molar-refractivity contribution in [2.45, 2.75) is 38.5 Å². The molecule has 0 spiro atoms. The summed E-state index contributed by atoms with van der Waals surface area (Å²) >= 11 is 0. The maximum atomic E-state index is 2.45. The fourth-order valence-electron chi connectivity index (χ4n) is 12.6. The first-order chi connectivity index (χ1) is 36.7. The summed E-state index contributed by atoms with van der Waals surface area (Å²) in [4.78, 5) is 4.80. The molecule has 0 radical (unpaired) electrons. The third-order valence-electron chi connectivity index (χ3n) is 16.4.